The Bertz CT molecular complexity index is 3510. The Morgan fingerprint density at radius 1 is 0.289 bits per heavy atom. The molecule has 0 atom stereocenters. The van der Waals surface area contributed by atoms with Gasteiger partial charge in [0.15, 0.2) is 52.9 Å². The Kier molecular flexibility index (Phi) is 121. The minimum absolute atomic E-state index is 0. The summed E-state index contributed by atoms with van der Waals surface area (Å²) in [6.45, 7) is 7.77. The average Bonchev–Trinajstić information content (AvgIpc) is 0.833. The molecular weight excluding hydrogens is 2000 g/mol. The molecule has 684 valence electrons. The van der Waals surface area contributed by atoms with Crippen LogP contribution in [0.2, 0.25) is 0 Å². The number of carboxylic acids is 4. The molecule has 0 aliphatic rings. The monoisotopic (exact) mass is 2080 g/mol. The van der Waals surface area contributed by atoms with E-state index in [9.17, 15) is 40.9 Å². The van der Waals surface area contributed by atoms with Gasteiger partial charge in [-0.05, 0) is 110 Å². The van der Waals surface area contributed by atoms with Crippen molar-refractivity contribution in [3.05, 3.63) is 172 Å². The van der Waals surface area contributed by atoms with Crippen LogP contribution in [0.25, 0.3) is 0 Å². The number of rotatable bonds is 32. The van der Waals surface area contributed by atoms with Gasteiger partial charge in [-0.3, -0.25) is 0 Å². The Balaban J connectivity index is -0.000000117. The maximum atomic E-state index is 12.3. The summed E-state index contributed by atoms with van der Waals surface area (Å²) in [7, 11) is 9.59. The number of methoxy groups -OCH3 is 4. The zero-order valence-electron chi connectivity index (χ0n) is 71.9. The predicted molar refractivity (Wildman–Crippen MR) is 410 cm³/mol. The van der Waals surface area contributed by atoms with Crippen molar-refractivity contribution in [3.63, 3.8) is 0 Å². The molecule has 128 heavy (non-hydrogen) atoms. The molecular formula is C72H92N10O40Sc2Zn4. The number of carbonyl (C=O) groups is 4. The second-order valence-corrected chi connectivity index (χ2v) is 18.9. The van der Waals surface area contributed by atoms with Gasteiger partial charge in [0.2, 0.25) is 0 Å². The summed E-state index contributed by atoms with van der Waals surface area (Å²) in [5, 5.41) is 235. The number of aliphatic hydroxyl groups is 6. The zero-order chi connectivity index (χ0) is 95.2. The molecule has 50 nitrogen and oxygen atoms in total. The maximum absolute atomic E-state index is 12.3. The van der Waals surface area contributed by atoms with Gasteiger partial charge in [0.1, 0.15) is 23.0 Å². The second-order valence-electron chi connectivity index (χ2n) is 18.9. The van der Waals surface area contributed by atoms with E-state index in [1.165, 1.54) is 77.6 Å². The number of aliphatic carboxylic acids is 4. The van der Waals surface area contributed by atoms with E-state index in [2.05, 4.69) is 41.2 Å². The van der Waals surface area contributed by atoms with Gasteiger partial charge in [0.05, 0.1) is 88.3 Å². The molecule has 6 N–H and O–H groups in total. The number of nitrogens with zero attached hydrogens (tertiary/aromatic N) is 10. The van der Waals surface area contributed by atoms with Crippen LogP contribution in [0.1, 0.15) is 86.1 Å². The fraction of sp³-hybridized carbons (Fsp3) is 0.333. The van der Waals surface area contributed by atoms with Crippen LogP contribution >= 0.6 is 0 Å². The number of para-hydroxylation sites is 4. The largest absolute Gasteiger partial charge is 3.00 e. The van der Waals surface area contributed by atoms with Crippen molar-refractivity contribution in [1.82, 2.24) is 0 Å². The first kappa shape index (κ1) is 148. The van der Waals surface area contributed by atoms with E-state index in [1.54, 1.807) is 86.6 Å². The minimum Gasteiger partial charge on any atom is -0.872 e. The number of hydrogen-bond donors (Lipinski definition) is 6. The number of carbonyl (C=O) groups excluding carboxylic acids is 4. The van der Waals surface area contributed by atoms with Crippen molar-refractivity contribution >= 4 is 73.6 Å². The molecule has 6 rings (SSSR count). The Morgan fingerprint density at radius 2 is 0.391 bits per heavy atom. The van der Waals surface area contributed by atoms with Crippen molar-refractivity contribution < 1.29 is 309 Å². The van der Waals surface area contributed by atoms with Crippen molar-refractivity contribution in [3.8, 4) is 69.0 Å². The zero-order valence-corrected chi connectivity index (χ0v) is 87.4. The predicted octanol–water partition coefficient (Wildman–Crippen LogP) is -5.44. The molecule has 6 aromatic rings. The smallest absolute Gasteiger partial charge is 0.872 e. The summed E-state index contributed by atoms with van der Waals surface area (Å²) >= 11 is 0. The van der Waals surface area contributed by atoms with E-state index < -0.39 is 57.0 Å². The second kappa shape index (κ2) is 105. The molecule has 6 aromatic carbocycles. The first-order valence-electron chi connectivity index (χ1n) is 33.1. The third kappa shape index (κ3) is 87.0. The molecule has 0 radical (unpaired) electrons. The van der Waals surface area contributed by atoms with E-state index in [0.29, 0.717) is 22.3 Å². The molecule has 0 spiro atoms. The Morgan fingerprint density at radius 3 is 0.492 bits per heavy atom. The summed E-state index contributed by atoms with van der Waals surface area (Å²) in [5.74, 6) is -8.02. The van der Waals surface area contributed by atoms with E-state index in [1.807, 2.05) is 0 Å². The molecule has 0 saturated carbocycles. The van der Waals surface area contributed by atoms with Crippen molar-refractivity contribution in [2.75, 3.05) is 123 Å². The van der Waals surface area contributed by atoms with Crippen molar-refractivity contribution in [2.24, 2.45) is 41.2 Å². The molecule has 0 fully saturated rings. The molecule has 0 unspecified atom stereocenters. The third-order valence-corrected chi connectivity index (χ3v) is 10.5. The molecule has 0 aliphatic carbocycles. The van der Waals surface area contributed by atoms with Gasteiger partial charge in [0, 0.05) is 65.5 Å². The van der Waals surface area contributed by atoms with Gasteiger partial charge in [-0.15, -0.1) is 23.0 Å². The summed E-state index contributed by atoms with van der Waals surface area (Å²) in [6, 6.07) is 24.6. The first-order valence-corrected chi connectivity index (χ1v) is 33.1. The number of hydrogen-bond acceptors (Lipinski definition) is 48. The van der Waals surface area contributed by atoms with Crippen molar-refractivity contribution in [1.29, 1.82) is 0 Å². The van der Waals surface area contributed by atoms with Gasteiger partial charge in [0.25, 0.3) is 0 Å². The minimum atomic E-state index is -1.75. The summed E-state index contributed by atoms with van der Waals surface area (Å²) in [6.07, 6.45) is 9.41. The van der Waals surface area contributed by atoms with Crippen LogP contribution in [0.3, 0.4) is 0 Å². The molecule has 56 heteroatoms. The standard InChI is InChI=1S/2C28H30N4O10.4C2H4O2.2C2H6O.4CH4O.2NO3.2Sc.4Zn/c2*1-37-23-7-3-5-19(25(23)33)15-29-39-11-13-41-31-17-21-9-10-22(28(36)27(21)35)18-32-42-14-12-40-30-16-20-6-4-8-24(38-2)26(20)34;4*1-2(3)4;2*1-2-3;4*1-2;2*2-1(3)4;;;;;;/h2*3-10,15-18,33-36H,11-14H2,1-2H3;4*1H3,(H,3,4);2*3H,2H2,1H3;4*2H,1H3;;;;;;;;/q;;;;;;;;;;;;2*-1;2*+3;4*+2/p-12/b2*29-15+,30-16+,31-17+,32-18+;;;;;;;;;;;;;;;;;;. The van der Waals surface area contributed by atoms with Gasteiger partial charge in [-0.25, -0.2) is 0 Å². The molecule has 0 heterocycles. The number of benzene rings is 6. The van der Waals surface area contributed by atoms with Crippen LogP contribution < -0.4 is 80.2 Å². The first-order chi connectivity index (χ1) is 58.1. The van der Waals surface area contributed by atoms with Gasteiger partial charge in [-0.1, -0.05) is 137 Å². The van der Waals surface area contributed by atoms with Crippen LogP contribution in [0.4, 0.5) is 0 Å². The Hall–Kier alpha value is -11.0. The SMILES string of the molecule is CC(=O)[O-].CC(=O)[O-].CC(=O)[O-].CC(=O)[O-].CCO.CCO.CO.CO.CO.CO.COc1cccc(/C=N/OCCO/N=C/c2ccc(/C=N/OCCO/N=C/c3cccc(OC)c3[O-])c([O-])c2[O-])c1[O-].COc1cccc(/C=N/OCCO/N=C/c2ccc(/C=N/OCCO/N=C/c3cccc(OC)c3[O-])c([O-])c2[O-])c1[O-].O=[N+]([O-])[O-].O=[N+]([O-])[O-].[Sc+3].[Sc+3].[Zn+2].[Zn+2].[Zn+2].[Zn+2]. The Labute approximate surface area is 822 Å². The van der Waals surface area contributed by atoms with Crippen LogP contribution in [-0.4, -0.2) is 237 Å². The molecule has 0 amide bonds. The fourth-order valence-electron chi connectivity index (χ4n) is 6.25. The van der Waals surface area contributed by atoms with Crippen molar-refractivity contribution in [2.45, 2.75) is 41.5 Å². The third-order valence-electron chi connectivity index (χ3n) is 10.5. The maximum Gasteiger partial charge on any atom is 3.00 e. The quantitative estimate of drug-likeness (QED) is 0.00754. The van der Waals surface area contributed by atoms with E-state index in [4.69, 9.17) is 159 Å². The number of carboxylic acid groups (broad SMARTS) is 4. The fourth-order valence-corrected chi connectivity index (χ4v) is 6.25. The summed E-state index contributed by atoms with van der Waals surface area (Å²) in [5.41, 5.74) is 1.25. The van der Waals surface area contributed by atoms with E-state index >= 15 is 0 Å². The molecule has 0 saturated heterocycles. The van der Waals surface area contributed by atoms with Crippen LogP contribution in [0.5, 0.6) is 69.0 Å². The summed E-state index contributed by atoms with van der Waals surface area (Å²) < 4.78 is 19.8. The number of ether oxygens (including phenoxy) is 4. The van der Waals surface area contributed by atoms with Crippen LogP contribution in [-0.2, 0) is 187 Å². The van der Waals surface area contributed by atoms with Gasteiger partial charge >= 0.3 is 130 Å². The average molecular weight is 2090 g/mol. The number of aliphatic hydroxyl groups excluding tert-OH is 6. The number of oxime groups is 8. The van der Waals surface area contributed by atoms with Crippen LogP contribution in [0, 0.1) is 30.6 Å². The molecule has 0 aromatic heterocycles. The van der Waals surface area contributed by atoms with E-state index in [0.717, 1.165) is 81.0 Å². The molecule has 0 bridgehead atoms. The molecule has 0 aliphatic heterocycles. The topological polar surface area (TPSA) is 808 Å². The normalized spacial score (nSPS) is 9.16. The summed E-state index contributed by atoms with van der Waals surface area (Å²) in [4.78, 5) is 92.1. The van der Waals surface area contributed by atoms with E-state index in [-0.39, 0.29) is 264 Å². The van der Waals surface area contributed by atoms with Gasteiger partial charge < -0.3 is 199 Å². The van der Waals surface area contributed by atoms with Gasteiger partial charge in [-0.2, -0.15) is 0 Å². The van der Waals surface area contributed by atoms with Crippen LogP contribution in [0.15, 0.2) is 138 Å².